The largest absolute Gasteiger partial charge is 0.492 e. The van der Waals surface area contributed by atoms with Crippen LogP contribution in [0.5, 0.6) is 5.75 Å². The minimum Gasteiger partial charge on any atom is -0.492 e. The number of nitrogens with one attached hydrogen (secondary N) is 1. The van der Waals surface area contributed by atoms with Gasteiger partial charge in [0.1, 0.15) is 18.1 Å². The zero-order chi connectivity index (χ0) is 11.9. The Balaban J connectivity index is 1.61. The summed E-state index contributed by atoms with van der Waals surface area (Å²) in [5.74, 6) is 1.76. The van der Waals surface area contributed by atoms with E-state index in [4.69, 9.17) is 20.8 Å². The third kappa shape index (κ3) is 4.13. The zero-order valence-electron chi connectivity index (χ0n) is 9.36. The third-order valence-electron chi connectivity index (χ3n) is 2.24. The molecule has 0 atom stereocenters. The van der Waals surface area contributed by atoms with E-state index in [1.165, 1.54) is 0 Å². The Morgan fingerprint density at radius 1 is 1.18 bits per heavy atom. The molecule has 17 heavy (non-hydrogen) atoms. The van der Waals surface area contributed by atoms with Gasteiger partial charge in [0.05, 0.1) is 12.8 Å². The minimum atomic E-state index is 0.613. The van der Waals surface area contributed by atoms with Gasteiger partial charge in [-0.2, -0.15) is 0 Å². The summed E-state index contributed by atoms with van der Waals surface area (Å²) in [4.78, 5) is 0. The van der Waals surface area contributed by atoms with Gasteiger partial charge in [-0.15, -0.1) is 0 Å². The Morgan fingerprint density at radius 3 is 2.71 bits per heavy atom. The van der Waals surface area contributed by atoms with E-state index in [1.54, 1.807) is 6.26 Å². The lowest BCUT2D eigenvalue weighted by molar-refractivity contribution is 0.311. The summed E-state index contributed by atoms with van der Waals surface area (Å²) in [5, 5.41) is 3.94. The zero-order valence-corrected chi connectivity index (χ0v) is 10.1. The van der Waals surface area contributed by atoms with Crippen molar-refractivity contribution in [2.75, 3.05) is 13.2 Å². The van der Waals surface area contributed by atoms with Crippen LogP contribution in [-0.2, 0) is 6.54 Å². The van der Waals surface area contributed by atoms with Crippen LogP contribution < -0.4 is 10.1 Å². The maximum Gasteiger partial charge on any atom is 0.119 e. The summed E-state index contributed by atoms with van der Waals surface area (Å²) in [5.41, 5.74) is 0. The molecular weight excluding hydrogens is 238 g/mol. The third-order valence-corrected chi connectivity index (χ3v) is 2.49. The number of benzene rings is 1. The summed E-state index contributed by atoms with van der Waals surface area (Å²) in [6.45, 7) is 2.10. The molecule has 2 rings (SSSR count). The van der Waals surface area contributed by atoms with Crippen molar-refractivity contribution in [3.05, 3.63) is 53.4 Å². The molecule has 0 fully saturated rings. The molecule has 0 aliphatic rings. The number of halogens is 1. The lowest BCUT2D eigenvalue weighted by Gasteiger charge is -2.06. The molecule has 4 heteroatoms. The van der Waals surface area contributed by atoms with Crippen LogP contribution in [-0.4, -0.2) is 13.2 Å². The van der Waals surface area contributed by atoms with Crippen LogP contribution in [0.2, 0.25) is 5.02 Å². The van der Waals surface area contributed by atoms with E-state index in [1.807, 2.05) is 36.4 Å². The van der Waals surface area contributed by atoms with Gasteiger partial charge in [0.2, 0.25) is 0 Å². The molecule has 0 bridgehead atoms. The van der Waals surface area contributed by atoms with Gasteiger partial charge in [0.15, 0.2) is 0 Å². The highest BCUT2D eigenvalue weighted by Gasteiger charge is 1.96. The maximum atomic E-state index is 5.77. The van der Waals surface area contributed by atoms with Crippen LogP contribution in [0, 0.1) is 0 Å². The lowest BCUT2D eigenvalue weighted by atomic mass is 10.3. The van der Waals surface area contributed by atoms with Crippen LogP contribution in [0.3, 0.4) is 0 Å². The fraction of sp³-hybridized carbons (Fsp3) is 0.231. The van der Waals surface area contributed by atoms with Crippen LogP contribution >= 0.6 is 11.6 Å². The summed E-state index contributed by atoms with van der Waals surface area (Å²) in [6.07, 6.45) is 1.67. The second-order valence-electron chi connectivity index (χ2n) is 3.56. The smallest absolute Gasteiger partial charge is 0.119 e. The van der Waals surface area contributed by atoms with Crippen molar-refractivity contribution in [3.8, 4) is 5.75 Å². The van der Waals surface area contributed by atoms with E-state index < -0.39 is 0 Å². The van der Waals surface area contributed by atoms with Crippen LogP contribution in [0.15, 0.2) is 47.1 Å². The van der Waals surface area contributed by atoms with Gasteiger partial charge in [-0.05, 0) is 36.4 Å². The fourth-order valence-electron chi connectivity index (χ4n) is 1.40. The Bertz CT molecular complexity index is 425. The van der Waals surface area contributed by atoms with Gasteiger partial charge in [0.25, 0.3) is 0 Å². The van der Waals surface area contributed by atoms with Crippen molar-refractivity contribution in [2.24, 2.45) is 0 Å². The first-order chi connectivity index (χ1) is 8.34. The first-order valence-electron chi connectivity index (χ1n) is 5.46. The Kier molecular flexibility index (Phi) is 4.47. The molecule has 3 nitrogen and oxygen atoms in total. The molecule has 0 unspecified atom stereocenters. The first kappa shape index (κ1) is 12.0. The minimum absolute atomic E-state index is 0.613. The van der Waals surface area contributed by atoms with Gasteiger partial charge in [0, 0.05) is 11.6 Å². The molecule has 90 valence electrons. The average molecular weight is 252 g/mol. The molecule has 1 heterocycles. The predicted molar refractivity (Wildman–Crippen MR) is 67.4 cm³/mol. The number of furan rings is 1. The molecule has 1 N–H and O–H groups in total. The van der Waals surface area contributed by atoms with E-state index in [2.05, 4.69) is 5.32 Å². The van der Waals surface area contributed by atoms with Crippen molar-refractivity contribution >= 4 is 11.6 Å². The molecule has 0 amide bonds. The van der Waals surface area contributed by atoms with Gasteiger partial charge < -0.3 is 14.5 Å². The number of ether oxygens (including phenoxy) is 1. The van der Waals surface area contributed by atoms with Crippen LogP contribution in [0.4, 0.5) is 0 Å². The van der Waals surface area contributed by atoms with Crippen LogP contribution in [0.1, 0.15) is 5.76 Å². The second-order valence-corrected chi connectivity index (χ2v) is 3.99. The van der Waals surface area contributed by atoms with Crippen molar-refractivity contribution in [1.82, 2.24) is 5.32 Å². The second kappa shape index (κ2) is 6.33. The highest BCUT2D eigenvalue weighted by atomic mass is 35.5. The molecule has 1 aromatic heterocycles. The van der Waals surface area contributed by atoms with E-state index >= 15 is 0 Å². The molecule has 0 saturated heterocycles. The Labute approximate surface area is 105 Å². The van der Waals surface area contributed by atoms with Crippen molar-refractivity contribution < 1.29 is 9.15 Å². The highest BCUT2D eigenvalue weighted by molar-refractivity contribution is 6.30. The number of hydrogen-bond acceptors (Lipinski definition) is 3. The number of hydrogen-bond donors (Lipinski definition) is 1. The standard InChI is InChI=1S/C13H14ClNO2/c14-11-3-5-12(6-4-11)17-9-7-15-10-13-2-1-8-16-13/h1-6,8,15H,7,9-10H2. The van der Waals surface area contributed by atoms with Gasteiger partial charge in [-0.3, -0.25) is 0 Å². The van der Waals surface area contributed by atoms with Crippen molar-refractivity contribution in [2.45, 2.75) is 6.54 Å². The Morgan fingerprint density at radius 2 is 2.00 bits per heavy atom. The van der Waals surface area contributed by atoms with E-state index in [0.717, 1.165) is 24.6 Å². The molecule has 0 aliphatic heterocycles. The molecule has 0 aliphatic carbocycles. The summed E-state index contributed by atoms with van der Waals surface area (Å²) in [6, 6.07) is 11.2. The Hall–Kier alpha value is -1.45. The quantitative estimate of drug-likeness (QED) is 0.801. The van der Waals surface area contributed by atoms with E-state index in [-0.39, 0.29) is 0 Å². The van der Waals surface area contributed by atoms with E-state index in [0.29, 0.717) is 11.6 Å². The van der Waals surface area contributed by atoms with Crippen LogP contribution in [0.25, 0.3) is 0 Å². The summed E-state index contributed by atoms with van der Waals surface area (Å²) in [7, 11) is 0. The van der Waals surface area contributed by atoms with Gasteiger partial charge in [-0.1, -0.05) is 11.6 Å². The normalized spacial score (nSPS) is 10.4. The lowest BCUT2D eigenvalue weighted by Crippen LogP contribution is -2.20. The topological polar surface area (TPSA) is 34.4 Å². The molecule has 2 aromatic rings. The molecular formula is C13H14ClNO2. The monoisotopic (exact) mass is 251 g/mol. The number of rotatable bonds is 6. The van der Waals surface area contributed by atoms with Gasteiger partial charge in [-0.25, -0.2) is 0 Å². The fourth-order valence-corrected chi connectivity index (χ4v) is 1.52. The molecule has 0 saturated carbocycles. The van der Waals surface area contributed by atoms with Gasteiger partial charge >= 0.3 is 0 Å². The van der Waals surface area contributed by atoms with E-state index in [9.17, 15) is 0 Å². The summed E-state index contributed by atoms with van der Waals surface area (Å²) >= 11 is 5.77. The SMILES string of the molecule is Clc1ccc(OCCNCc2ccco2)cc1. The average Bonchev–Trinajstić information content (AvgIpc) is 2.84. The molecule has 0 radical (unpaired) electrons. The highest BCUT2D eigenvalue weighted by Crippen LogP contribution is 2.15. The van der Waals surface area contributed by atoms with Crippen molar-refractivity contribution in [3.63, 3.8) is 0 Å². The molecule has 0 spiro atoms. The first-order valence-corrected chi connectivity index (χ1v) is 5.84. The maximum absolute atomic E-state index is 5.77. The van der Waals surface area contributed by atoms with Crippen molar-refractivity contribution in [1.29, 1.82) is 0 Å². The predicted octanol–water partition coefficient (Wildman–Crippen LogP) is 3.10. The summed E-state index contributed by atoms with van der Waals surface area (Å²) < 4.78 is 10.7. The molecule has 1 aromatic carbocycles.